The molecule has 0 aromatic heterocycles. The minimum Gasteiger partial charge on any atom is -0.660 e. The number of likely N-dealkylation sites (N-methyl/N-ethyl adjacent to an activating group) is 1. The summed E-state index contributed by atoms with van der Waals surface area (Å²) in [4.78, 5) is 2.42. The summed E-state index contributed by atoms with van der Waals surface area (Å²) in [6.45, 7) is 7.84. The van der Waals surface area contributed by atoms with Crippen LogP contribution in [-0.4, -0.2) is 37.6 Å². The third-order valence-electron chi connectivity index (χ3n) is 1.60. The summed E-state index contributed by atoms with van der Waals surface area (Å²) in [6.07, 6.45) is 0. The van der Waals surface area contributed by atoms with Crippen molar-refractivity contribution < 1.29 is 32.7 Å². The number of piperazine rings is 1. The van der Waals surface area contributed by atoms with Crippen molar-refractivity contribution in [3.05, 3.63) is 5.32 Å². The Kier molecular flexibility index (Phi) is 6.44. The molecule has 9 heavy (non-hydrogen) atoms. The number of rotatable bonds is 1. The zero-order valence-electron chi connectivity index (χ0n) is 6.01. The van der Waals surface area contributed by atoms with Crippen LogP contribution in [0.3, 0.4) is 0 Å². The molecule has 1 rings (SSSR count). The van der Waals surface area contributed by atoms with E-state index in [9.17, 15) is 0 Å². The molecule has 0 amide bonds. The van der Waals surface area contributed by atoms with E-state index in [0.717, 1.165) is 13.1 Å². The van der Waals surface area contributed by atoms with Gasteiger partial charge in [0, 0.05) is 32.7 Å². The van der Waals surface area contributed by atoms with Gasteiger partial charge < -0.3 is 10.2 Å². The second kappa shape index (κ2) is 5.78. The maximum atomic E-state index is 4.23. The maximum absolute atomic E-state index is 4.23. The topological polar surface area (TPSA) is 17.3 Å². The molecule has 0 aromatic carbocycles. The molecule has 51 valence electrons. The van der Waals surface area contributed by atoms with E-state index in [1.807, 2.05) is 0 Å². The molecule has 2 nitrogen and oxygen atoms in total. The molecule has 0 aromatic rings. The fourth-order valence-corrected chi connectivity index (χ4v) is 0.964. The van der Waals surface area contributed by atoms with Crippen molar-refractivity contribution in [1.29, 1.82) is 0 Å². The maximum Gasteiger partial charge on any atom is 0 e. The first-order chi connectivity index (χ1) is 3.93. The van der Waals surface area contributed by atoms with Crippen LogP contribution in [0.15, 0.2) is 0 Å². The Hall–Kier alpha value is 1.02. The van der Waals surface area contributed by atoms with Gasteiger partial charge in [-0.1, -0.05) is 6.92 Å². The molecule has 1 radical (unpaired) electrons. The van der Waals surface area contributed by atoms with E-state index in [1.165, 1.54) is 19.6 Å². The van der Waals surface area contributed by atoms with Crippen molar-refractivity contribution in [1.82, 2.24) is 4.90 Å². The Labute approximate surface area is 82.3 Å². The minimum atomic E-state index is 0. The van der Waals surface area contributed by atoms with Gasteiger partial charge in [0.15, 0.2) is 0 Å². The third kappa shape index (κ3) is 3.66. The molecule has 0 bridgehead atoms. The molecule has 0 N–H and O–H groups in total. The zero-order chi connectivity index (χ0) is 5.82. The first kappa shape index (κ1) is 10.0. The molecule has 3 heteroatoms. The van der Waals surface area contributed by atoms with E-state index in [-0.39, 0.29) is 32.7 Å². The first-order valence-corrected chi connectivity index (χ1v) is 3.29. The summed E-state index contributed by atoms with van der Waals surface area (Å²) in [6, 6.07) is 0. The summed E-state index contributed by atoms with van der Waals surface area (Å²) < 4.78 is 0. The average molecular weight is 202 g/mol. The van der Waals surface area contributed by atoms with Gasteiger partial charge in [-0.05, 0) is 19.6 Å². The molecule has 1 saturated heterocycles. The quantitative estimate of drug-likeness (QED) is 0.611. The number of hydrogen-bond acceptors (Lipinski definition) is 1. The largest absolute Gasteiger partial charge is 0.660 e. The fourth-order valence-electron chi connectivity index (χ4n) is 0.964. The van der Waals surface area contributed by atoms with Crippen LogP contribution in [0, 0.1) is 0 Å². The fraction of sp³-hybridized carbons (Fsp3) is 1.00. The van der Waals surface area contributed by atoms with E-state index in [0.29, 0.717) is 0 Å². The molecule has 0 unspecified atom stereocenters. The summed E-state index contributed by atoms with van der Waals surface area (Å²) in [5.41, 5.74) is 0. The predicted molar refractivity (Wildman–Crippen MR) is 35.2 cm³/mol. The summed E-state index contributed by atoms with van der Waals surface area (Å²) >= 11 is 0. The molecule has 1 fully saturated rings. The van der Waals surface area contributed by atoms with Gasteiger partial charge in [0.25, 0.3) is 0 Å². The van der Waals surface area contributed by atoms with Gasteiger partial charge in [0.1, 0.15) is 0 Å². The van der Waals surface area contributed by atoms with Crippen molar-refractivity contribution in [3.8, 4) is 0 Å². The van der Waals surface area contributed by atoms with Gasteiger partial charge in [-0.2, -0.15) is 0 Å². The standard InChI is InChI=1S/C6H13N2.Y/c1-2-8-5-3-7-4-6-8;/h2-6H2,1H3;/q-1;. The van der Waals surface area contributed by atoms with Crippen molar-refractivity contribution in [2.24, 2.45) is 0 Å². The van der Waals surface area contributed by atoms with Crippen LogP contribution in [-0.2, 0) is 32.7 Å². The predicted octanol–water partition coefficient (Wildman–Crippen LogP) is 0.693. The third-order valence-corrected chi connectivity index (χ3v) is 1.60. The second-order valence-corrected chi connectivity index (χ2v) is 2.11. The van der Waals surface area contributed by atoms with Crippen molar-refractivity contribution in [2.75, 3.05) is 32.7 Å². The van der Waals surface area contributed by atoms with Crippen molar-refractivity contribution in [2.45, 2.75) is 6.92 Å². The number of hydrogen-bond donors (Lipinski definition) is 0. The molecular formula is C6H13N2Y-. The first-order valence-electron chi connectivity index (χ1n) is 3.29. The van der Waals surface area contributed by atoms with Crippen LogP contribution in [0.2, 0.25) is 0 Å². The van der Waals surface area contributed by atoms with E-state index in [2.05, 4.69) is 17.1 Å². The Morgan fingerprint density at radius 1 is 1.33 bits per heavy atom. The van der Waals surface area contributed by atoms with Crippen molar-refractivity contribution >= 4 is 0 Å². The van der Waals surface area contributed by atoms with Gasteiger partial charge in [0.05, 0.1) is 0 Å². The molecule has 0 aliphatic carbocycles. The molecule has 0 saturated carbocycles. The van der Waals surface area contributed by atoms with E-state index in [4.69, 9.17) is 0 Å². The normalized spacial score (nSPS) is 21.0. The summed E-state index contributed by atoms with van der Waals surface area (Å²) in [7, 11) is 0. The minimum absolute atomic E-state index is 0. The molecule has 1 heterocycles. The van der Waals surface area contributed by atoms with Gasteiger partial charge in [0.2, 0.25) is 0 Å². The van der Waals surface area contributed by atoms with Gasteiger partial charge >= 0.3 is 0 Å². The molecule has 0 atom stereocenters. The van der Waals surface area contributed by atoms with Crippen LogP contribution >= 0.6 is 0 Å². The molecular weight excluding hydrogens is 189 g/mol. The Balaban J connectivity index is 0.000000640. The van der Waals surface area contributed by atoms with Crippen LogP contribution < -0.4 is 0 Å². The SMILES string of the molecule is CCN1CC[N-]CC1.[Y]. The van der Waals surface area contributed by atoms with Crippen molar-refractivity contribution in [3.63, 3.8) is 0 Å². The van der Waals surface area contributed by atoms with Crippen LogP contribution in [0.25, 0.3) is 5.32 Å². The monoisotopic (exact) mass is 202 g/mol. The molecule has 0 spiro atoms. The number of nitrogens with zero attached hydrogens (tertiary/aromatic N) is 2. The van der Waals surface area contributed by atoms with E-state index < -0.39 is 0 Å². The van der Waals surface area contributed by atoms with Crippen LogP contribution in [0.1, 0.15) is 6.92 Å². The second-order valence-electron chi connectivity index (χ2n) is 2.11. The summed E-state index contributed by atoms with van der Waals surface area (Å²) in [5.74, 6) is 0. The van der Waals surface area contributed by atoms with Gasteiger partial charge in [-0.25, -0.2) is 0 Å². The van der Waals surface area contributed by atoms with Crippen LogP contribution in [0.4, 0.5) is 0 Å². The van der Waals surface area contributed by atoms with E-state index in [1.54, 1.807) is 0 Å². The molecule has 1 aliphatic heterocycles. The molecule has 1 aliphatic rings. The van der Waals surface area contributed by atoms with Crippen LogP contribution in [0.5, 0.6) is 0 Å². The van der Waals surface area contributed by atoms with Gasteiger partial charge in [-0.15, -0.1) is 13.1 Å². The Bertz CT molecular complexity index is 62.1. The zero-order valence-corrected chi connectivity index (χ0v) is 8.85. The average Bonchev–Trinajstić information content (AvgIpc) is 1.90. The summed E-state index contributed by atoms with van der Waals surface area (Å²) in [5, 5.41) is 4.23. The Morgan fingerprint density at radius 3 is 2.22 bits per heavy atom. The smallest absolute Gasteiger partial charge is 0 e. The van der Waals surface area contributed by atoms with Gasteiger partial charge in [-0.3, -0.25) is 0 Å². The van der Waals surface area contributed by atoms with E-state index >= 15 is 0 Å². The Morgan fingerprint density at radius 2 is 1.89 bits per heavy atom.